The predicted molar refractivity (Wildman–Crippen MR) is 67.3 cm³/mol. The first kappa shape index (κ1) is 11.0. The number of hydrogen-bond donors (Lipinski definition) is 1. The lowest BCUT2D eigenvalue weighted by Gasteiger charge is -2.41. The van der Waals surface area contributed by atoms with Gasteiger partial charge in [-0.3, -0.25) is 4.98 Å². The van der Waals surface area contributed by atoms with Gasteiger partial charge in [-0.15, -0.1) is 0 Å². The van der Waals surface area contributed by atoms with E-state index in [4.69, 9.17) is 4.74 Å². The Labute approximate surface area is 103 Å². The van der Waals surface area contributed by atoms with E-state index in [1.165, 1.54) is 37.8 Å². The highest BCUT2D eigenvalue weighted by atomic mass is 16.5. The first-order valence-corrected chi connectivity index (χ1v) is 6.59. The molecule has 1 aliphatic heterocycles. The van der Waals surface area contributed by atoms with Gasteiger partial charge in [0.05, 0.1) is 13.3 Å². The lowest BCUT2D eigenvalue weighted by Crippen LogP contribution is -2.43. The summed E-state index contributed by atoms with van der Waals surface area (Å²) in [5, 5.41) is 3.60. The largest absolute Gasteiger partial charge is 0.495 e. The normalized spacial score (nSPS) is 32.2. The molecule has 1 saturated heterocycles. The minimum absolute atomic E-state index is 0.691. The van der Waals surface area contributed by atoms with Crippen molar-refractivity contribution in [1.29, 1.82) is 0 Å². The van der Waals surface area contributed by atoms with E-state index in [2.05, 4.69) is 16.4 Å². The van der Waals surface area contributed by atoms with Gasteiger partial charge in [0.1, 0.15) is 5.75 Å². The molecule has 3 atom stereocenters. The van der Waals surface area contributed by atoms with Crippen molar-refractivity contribution >= 4 is 0 Å². The lowest BCUT2D eigenvalue weighted by molar-refractivity contribution is 0.194. The van der Waals surface area contributed by atoms with Crippen LogP contribution in [0.3, 0.4) is 0 Å². The quantitative estimate of drug-likeness (QED) is 0.849. The first-order chi connectivity index (χ1) is 8.36. The molecule has 1 saturated carbocycles. The van der Waals surface area contributed by atoms with Gasteiger partial charge in [-0.05, 0) is 55.7 Å². The van der Waals surface area contributed by atoms with E-state index in [-0.39, 0.29) is 0 Å². The molecular weight excluding hydrogens is 212 g/mol. The fourth-order valence-corrected chi connectivity index (χ4v) is 3.43. The van der Waals surface area contributed by atoms with E-state index >= 15 is 0 Å². The Balaban J connectivity index is 1.82. The number of rotatable bonds is 2. The Morgan fingerprint density at radius 3 is 3.12 bits per heavy atom. The summed E-state index contributed by atoms with van der Waals surface area (Å²) >= 11 is 0. The number of ether oxygens (including phenoxy) is 1. The molecule has 2 fully saturated rings. The number of piperidine rings is 1. The topological polar surface area (TPSA) is 34.1 Å². The van der Waals surface area contributed by atoms with Crippen LogP contribution < -0.4 is 10.1 Å². The van der Waals surface area contributed by atoms with Crippen LogP contribution in [0.4, 0.5) is 0 Å². The van der Waals surface area contributed by atoms with Crippen molar-refractivity contribution in [3.63, 3.8) is 0 Å². The van der Waals surface area contributed by atoms with Crippen LogP contribution >= 0.6 is 0 Å². The van der Waals surface area contributed by atoms with Gasteiger partial charge in [-0.25, -0.2) is 0 Å². The van der Waals surface area contributed by atoms with Crippen LogP contribution in [0, 0.1) is 5.92 Å². The second kappa shape index (κ2) is 4.65. The van der Waals surface area contributed by atoms with E-state index in [9.17, 15) is 0 Å². The third kappa shape index (κ3) is 2.16. The number of nitrogens with zero attached hydrogens (tertiary/aromatic N) is 1. The predicted octanol–water partition coefficient (Wildman–Crippen LogP) is 2.34. The standard InChI is InChI=1S/C14H20N2O/c1-17-13-7-11(8-15-9-13)14-3-2-12-6-10(14)4-5-16-12/h7-10,12,14,16H,2-6H2,1H3. The molecule has 0 amide bonds. The van der Waals surface area contributed by atoms with Gasteiger partial charge < -0.3 is 10.1 Å². The van der Waals surface area contributed by atoms with Crippen molar-refractivity contribution in [2.45, 2.75) is 37.6 Å². The average molecular weight is 232 g/mol. The maximum Gasteiger partial charge on any atom is 0.137 e. The molecule has 0 radical (unpaired) electrons. The van der Waals surface area contributed by atoms with Crippen LogP contribution in [-0.2, 0) is 0 Å². The summed E-state index contributed by atoms with van der Waals surface area (Å²) in [6, 6.07) is 2.93. The number of pyridine rings is 1. The molecule has 1 aromatic heterocycles. The average Bonchev–Trinajstić information content (AvgIpc) is 2.39. The van der Waals surface area contributed by atoms with Gasteiger partial charge >= 0.3 is 0 Å². The minimum atomic E-state index is 0.691. The van der Waals surface area contributed by atoms with Gasteiger partial charge in [0.15, 0.2) is 0 Å². The Morgan fingerprint density at radius 1 is 1.29 bits per heavy atom. The van der Waals surface area contributed by atoms with Crippen molar-refractivity contribution in [3.05, 3.63) is 24.0 Å². The van der Waals surface area contributed by atoms with Crippen LogP contribution in [0.5, 0.6) is 5.75 Å². The van der Waals surface area contributed by atoms with Gasteiger partial charge in [0.2, 0.25) is 0 Å². The summed E-state index contributed by atoms with van der Waals surface area (Å²) in [5.41, 5.74) is 1.37. The van der Waals surface area contributed by atoms with E-state index < -0.39 is 0 Å². The highest BCUT2D eigenvalue weighted by Crippen LogP contribution is 2.41. The van der Waals surface area contributed by atoms with Crippen LogP contribution in [-0.4, -0.2) is 24.7 Å². The van der Waals surface area contributed by atoms with Crippen molar-refractivity contribution in [1.82, 2.24) is 10.3 Å². The smallest absolute Gasteiger partial charge is 0.137 e. The maximum absolute atomic E-state index is 5.27. The molecule has 0 spiro atoms. The zero-order valence-electron chi connectivity index (χ0n) is 10.4. The van der Waals surface area contributed by atoms with Crippen molar-refractivity contribution in [3.8, 4) is 5.75 Å². The van der Waals surface area contributed by atoms with E-state index in [1.54, 1.807) is 13.3 Å². The molecule has 2 aliphatic rings. The number of aromatic nitrogens is 1. The van der Waals surface area contributed by atoms with Gasteiger partial charge in [0, 0.05) is 12.2 Å². The molecular formula is C14H20N2O. The van der Waals surface area contributed by atoms with E-state index in [1.807, 2.05) is 6.20 Å². The Morgan fingerprint density at radius 2 is 2.24 bits per heavy atom. The fourth-order valence-electron chi connectivity index (χ4n) is 3.43. The number of nitrogens with one attached hydrogen (secondary N) is 1. The summed E-state index contributed by atoms with van der Waals surface area (Å²) in [6.45, 7) is 1.18. The van der Waals surface area contributed by atoms with Crippen LogP contribution in [0.1, 0.15) is 37.2 Å². The fraction of sp³-hybridized carbons (Fsp3) is 0.643. The maximum atomic E-state index is 5.27. The van der Waals surface area contributed by atoms with Crippen LogP contribution in [0.25, 0.3) is 0 Å². The molecule has 1 N–H and O–H groups in total. The summed E-state index contributed by atoms with van der Waals surface area (Å²) in [7, 11) is 1.71. The molecule has 1 aromatic rings. The molecule has 3 unspecified atom stereocenters. The molecule has 92 valence electrons. The number of fused-ring (bicyclic) bond motifs is 2. The third-order valence-electron chi connectivity index (χ3n) is 4.33. The molecule has 2 heterocycles. The Hall–Kier alpha value is -1.09. The SMILES string of the molecule is COc1cncc(C2CCC3CC2CCN3)c1. The lowest BCUT2D eigenvalue weighted by atomic mass is 9.71. The monoisotopic (exact) mass is 232 g/mol. The zero-order valence-corrected chi connectivity index (χ0v) is 10.4. The molecule has 1 aliphatic carbocycles. The third-order valence-corrected chi connectivity index (χ3v) is 4.33. The van der Waals surface area contributed by atoms with Gasteiger partial charge in [0.25, 0.3) is 0 Å². The molecule has 3 nitrogen and oxygen atoms in total. The summed E-state index contributed by atoms with van der Waals surface area (Å²) < 4.78 is 5.27. The number of methoxy groups -OCH3 is 1. The summed E-state index contributed by atoms with van der Waals surface area (Å²) in [4.78, 5) is 4.30. The second-order valence-corrected chi connectivity index (χ2v) is 5.28. The molecule has 3 heteroatoms. The highest BCUT2D eigenvalue weighted by molar-refractivity contribution is 5.27. The molecule has 17 heavy (non-hydrogen) atoms. The van der Waals surface area contributed by atoms with Crippen LogP contribution in [0.2, 0.25) is 0 Å². The molecule has 3 rings (SSSR count). The number of hydrogen-bond acceptors (Lipinski definition) is 3. The van der Waals surface area contributed by atoms with Crippen molar-refractivity contribution < 1.29 is 4.74 Å². The minimum Gasteiger partial charge on any atom is -0.495 e. The van der Waals surface area contributed by atoms with Crippen molar-refractivity contribution in [2.75, 3.05) is 13.7 Å². The Kier molecular flexibility index (Phi) is 3.02. The van der Waals surface area contributed by atoms with E-state index in [0.29, 0.717) is 5.92 Å². The second-order valence-electron chi connectivity index (χ2n) is 5.28. The zero-order chi connectivity index (χ0) is 11.7. The van der Waals surface area contributed by atoms with Gasteiger partial charge in [-0.2, -0.15) is 0 Å². The van der Waals surface area contributed by atoms with Gasteiger partial charge in [-0.1, -0.05) is 0 Å². The summed E-state index contributed by atoms with van der Waals surface area (Å²) in [6.07, 6.45) is 9.04. The van der Waals surface area contributed by atoms with Crippen molar-refractivity contribution in [2.24, 2.45) is 5.92 Å². The summed E-state index contributed by atoms with van der Waals surface area (Å²) in [5.74, 6) is 2.42. The highest BCUT2D eigenvalue weighted by Gasteiger charge is 2.34. The first-order valence-electron chi connectivity index (χ1n) is 6.59. The molecule has 2 bridgehead atoms. The van der Waals surface area contributed by atoms with Crippen LogP contribution in [0.15, 0.2) is 18.5 Å². The molecule has 0 aromatic carbocycles. The Bertz CT molecular complexity index is 394. The van der Waals surface area contributed by atoms with E-state index in [0.717, 1.165) is 17.7 Å².